The number of aliphatic hydroxyl groups is 1. The summed E-state index contributed by atoms with van der Waals surface area (Å²) >= 11 is 4.97. The molecule has 0 saturated carbocycles. The van der Waals surface area contributed by atoms with Gasteiger partial charge >= 0.3 is 0 Å². The summed E-state index contributed by atoms with van der Waals surface area (Å²) in [5.74, 6) is 0.114. The Morgan fingerprint density at radius 1 is 1.62 bits per heavy atom. The molecule has 0 radical (unpaired) electrons. The summed E-state index contributed by atoms with van der Waals surface area (Å²) in [5, 5.41) is 14.2. The lowest BCUT2D eigenvalue weighted by molar-refractivity contribution is -0.00138. The second-order valence-electron chi connectivity index (χ2n) is 3.42. The first-order valence-corrected chi connectivity index (χ1v) is 5.90. The monoisotopic (exact) mass is 263 g/mol. The fourth-order valence-electron chi connectivity index (χ4n) is 1.25. The second-order valence-corrected chi connectivity index (χ2v) is 5.01. The largest absolute Gasteiger partial charge is 0.383 e. The fraction of sp³-hybridized carbons (Fsp3) is 0.556. The molecule has 3 N–H and O–H groups in total. The molecule has 1 aromatic rings. The van der Waals surface area contributed by atoms with E-state index < -0.39 is 5.60 Å². The maximum absolute atomic E-state index is 10.3. The maximum atomic E-state index is 10.3. The lowest BCUT2D eigenvalue weighted by atomic mass is 9.85. The van der Waals surface area contributed by atoms with Crippen molar-refractivity contribution in [2.45, 2.75) is 19.4 Å². The molecule has 1 unspecified atom stereocenters. The predicted octanol–water partition coefficient (Wildman–Crippen LogP) is 2.31. The van der Waals surface area contributed by atoms with Gasteiger partial charge in [-0.25, -0.2) is 0 Å². The Morgan fingerprint density at radius 2 is 2.23 bits per heavy atom. The van der Waals surface area contributed by atoms with E-state index in [1.165, 1.54) is 0 Å². The number of nitrogens with two attached hydrogens (primary N) is 1. The van der Waals surface area contributed by atoms with E-state index in [1.807, 2.05) is 24.6 Å². The molecule has 0 aliphatic rings. The van der Waals surface area contributed by atoms with E-state index in [2.05, 4.69) is 15.9 Å². The van der Waals surface area contributed by atoms with Crippen LogP contribution in [0.2, 0.25) is 0 Å². The first kappa shape index (κ1) is 11.2. The van der Waals surface area contributed by atoms with Gasteiger partial charge in [0.2, 0.25) is 0 Å². The Morgan fingerprint density at radius 3 is 2.54 bits per heavy atom. The molecule has 74 valence electrons. The third kappa shape index (κ3) is 1.96. The van der Waals surface area contributed by atoms with Crippen molar-refractivity contribution >= 4 is 27.3 Å². The van der Waals surface area contributed by atoms with Crippen molar-refractivity contribution in [3.63, 3.8) is 0 Å². The Kier molecular flexibility index (Phi) is 3.51. The van der Waals surface area contributed by atoms with Crippen LogP contribution in [0.5, 0.6) is 0 Å². The normalized spacial score (nSPS) is 16.2. The number of rotatable bonds is 3. The van der Waals surface area contributed by atoms with E-state index in [1.54, 1.807) is 11.3 Å². The van der Waals surface area contributed by atoms with Gasteiger partial charge in [0, 0.05) is 22.0 Å². The summed E-state index contributed by atoms with van der Waals surface area (Å²) in [6.07, 6.45) is 0. The van der Waals surface area contributed by atoms with Crippen molar-refractivity contribution in [2.75, 3.05) is 6.54 Å². The molecule has 0 amide bonds. The van der Waals surface area contributed by atoms with Crippen LogP contribution < -0.4 is 5.73 Å². The molecule has 1 rings (SSSR count). The Balaban J connectivity index is 3.10. The molecular formula is C9H14BrNOS. The quantitative estimate of drug-likeness (QED) is 0.880. The van der Waals surface area contributed by atoms with Crippen LogP contribution in [0.1, 0.15) is 19.4 Å². The second kappa shape index (κ2) is 4.09. The highest BCUT2D eigenvalue weighted by Gasteiger charge is 2.33. The zero-order chi connectivity index (χ0) is 10.1. The summed E-state index contributed by atoms with van der Waals surface area (Å²) in [6, 6.07) is 0. The van der Waals surface area contributed by atoms with Gasteiger partial charge in [0.25, 0.3) is 0 Å². The molecule has 0 aliphatic heterocycles. The molecule has 0 bridgehead atoms. The van der Waals surface area contributed by atoms with Crippen LogP contribution in [0.25, 0.3) is 0 Å². The topological polar surface area (TPSA) is 46.2 Å². The molecule has 2 nitrogen and oxygen atoms in total. The minimum absolute atomic E-state index is 0.114. The zero-order valence-corrected chi connectivity index (χ0v) is 10.2. The first-order valence-electron chi connectivity index (χ1n) is 4.17. The van der Waals surface area contributed by atoms with E-state index >= 15 is 0 Å². The van der Waals surface area contributed by atoms with Crippen LogP contribution in [0, 0.1) is 5.92 Å². The molecule has 0 fully saturated rings. The highest BCUT2D eigenvalue weighted by atomic mass is 79.9. The molecule has 1 heterocycles. The van der Waals surface area contributed by atoms with Crippen molar-refractivity contribution in [3.05, 3.63) is 20.8 Å². The molecule has 1 atom stereocenters. The molecule has 0 saturated heterocycles. The van der Waals surface area contributed by atoms with Gasteiger partial charge in [0.15, 0.2) is 0 Å². The van der Waals surface area contributed by atoms with Gasteiger partial charge in [-0.05, 0) is 27.2 Å². The van der Waals surface area contributed by atoms with Crippen molar-refractivity contribution < 1.29 is 5.11 Å². The van der Waals surface area contributed by atoms with Crippen LogP contribution in [0.3, 0.4) is 0 Å². The Hall–Kier alpha value is 0.100. The van der Waals surface area contributed by atoms with E-state index in [0.29, 0.717) is 0 Å². The predicted molar refractivity (Wildman–Crippen MR) is 59.8 cm³/mol. The number of halogens is 1. The van der Waals surface area contributed by atoms with E-state index in [9.17, 15) is 5.11 Å². The Bertz CT molecular complexity index is 287. The minimum Gasteiger partial charge on any atom is -0.383 e. The third-order valence-electron chi connectivity index (χ3n) is 2.35. The zero-order valence-electron chi connectivity index (χ0n) is 7.75. The fourth-order valence-corrected chi connectivity index (χ4v) is 2.96. The standard InChI is InChI=1S/C9H14BrNOS/c1-6(2)9(12,5-11)7-3-13-4-8(7)10/h3-4,6,12H,5,11H2,1-2H3. The molecule has 0 aromatic carbocycles. The third-order valence-corrected chi connectivity index (χ3v) is 4.05. The van der Waals surface area contributed by atoms with E-state index in [4.69, 9.17) is 5.73 Å². The van der Waals surface area contributed by atoms with Crippen molar-refractivity contribution in [2.24, 2.45) is 11.7 Å². The highest BCUT2D eigenvalue weighted by Crippen LogP contribution is 2.35. The summed E-state index contributed by atoms with van der Waals surface area (Å²) in [4.78, 5) is 0. The average Bonchev–Trinajstić information content (AvgIpc) is 2.50. The molecule has 1 aromatic heterocycles. The van der Waals surface area contributed by atoms with Crippen LogP contribution in [0.4, 0.5) is 0 Å². The molecule has 0 aliphatic carbocycles. The highest BCUT2D eigenvalue weighted by molar-refractivity contribution is 9.10. The number of thiophene rings is 1. The van der Waals surface area contributed by atoms with Gasteiger partial charge in [-0.15, -0.1) is 0 Å². The van der Waals surface area contributed by atoms with Gasteiger partial charge in [-0.2, -0.15) is 11.3 Å². The van der Waals surface area contributed by atoms with Crippen molar-refractivity contribution in [1.82, 2.24) is 0 Å². The average molecular weight is 264 g/mol. The Labute approximate surface area is 90.9 Å². The SMILES string of the molecule is CC(C)C(O)(CN)c1cscc1Br. The van der Waals surface area contributed by atoms with Gasteiger partial charge < -0.3 is 10.8 Å². The van der Waals surface area contributed by atoms with E-state index in [-0.39, 0.29) is 12.5 Å². The van der Waals surface area contributed by atoms with Crippen molar-refractivity contribution in [3.8, 4) is 0 Å². The molecule has 13 heavy (non-hydrogen) atoms. The lowest BCUT2D eigenvalue weighted by Gasteiger charge is -2.30. The molecule has 0 spiro atoms. The van der Waals surface area contributed by atoms with E-state index in [0.717, 1.165) is 10.0 Å². The maximum Gasteiger partial charge on any atom is 0.106 e. The van der Waals surface area contributed by atoms with Crippen LogP contribution in [-0.2, 0) is 5.60 Å². The van der Waals surface area contributed by atoms with Gasteiger partial charge in [0.1, 0.15) is 5.60 Å². The summed E-state index contributed by atoms with van der Waals surface area (Å²) < 4.78 is 0.944. The lowest BCUT2D eigenvalue weighted by Crippen LogP contribution is -2.39. The van der Waals surface area contributed by atoms with Crippen molar-refractivity contribution in [1.29, 1.82) is 0 Å². The van der Waals surface area contributed by atoms with Gasteiger partial charge in [-0.1, -0.05) is 13.8 Å². The summed E-state index contributed by atoms with van der Waals surface area (Å²) in [7, 11) is 0. The van der Waals surface area contributed by atoms with Crippen LogP contribution in [0.15, 0.2) is 15.2 Å². The summed E-state index contributed by atoms with van der Waals surface area (Å²) in [6.45, 7) is 4.19. The molecular weight excluding hydrogens is 250 g/mol. The smallest absolute Gasteiger partial charge is 0.106 e. The van der Waals surface area contributed by atoms with Crippen LogP contribution >= 0.6 is 27.3 Å². The van der Waals surface area contributed by atoms with Gasteiger partial charge in [-0.3, -0.25) is 0 Å². The van der Waals surface area contributed by atoms with Gasteiger partial charge in [0.05, 0.1) is 0 Å². The van der Waals surface area contributed by atoms with Crippen LogP contribution in [-0.4, -0.2) is 11.7 Å². The first-order chi connectivity index (χ1) is 6.02. The number of hydrogen-bond acceptors (Lipinski definition) is 3. The minimum atomic E-state index is -0.904. The summed E-state index contributed by atoms with van der Waals surface area (Å²) in [5.41, 5.74) is 5.60. The molecule has 4 heteroatoms. The number of hydrogen-bond donors (Lipinski definition) is 2.